The van der Waals surface area contributed by atoms with Gasteiger partial charge in [0.25, 0.3) is 0 Å². The van der Waals surface area contributed by atoms with Crippen LogP contribution in [0.2, 0.25) is 0 Å². The van der Waals surface area contributed by atoms with Gasteiger partial charge >= 0.3 is 0 Å². The Balaban J connectivity index is 2.32. The quantitative estimate of drug-likeness (QED) is 0.569. The fourth-order valence-electron chi connectivity index (χ4n) is 0.805. The SMILES string of the molecule is CN(C)C=CC(=O)[C@@H]1C[C@H]1F. The fraction of sp³-hybridized carbons (Fsp3) is 0.625. The van der Waals surface area contributed by atoms with Crippen molar-refractivity contribution in [1.29, 1.82) is 0 Å². The standard InChI is InChI=1S/C8H12FNO/c1-10(2)4-3-8(11)6-5-7(6)9/h3-4,6-7H,5H2,1-2H3/t6-,7-/m1/s1. The van der Waals surface area contributed by atoms with Crippen molar-refractivity contribution in [2.24, 2.45) is 5.92 Å². The fourth-order valence-corrected chi connectivity index (χ4v) is 0.805. The summed E-state index contributed by atoms with van der Waals surface area (Å²) in [5, 5.41) is 0. The summed E-state index contributed by atoms with van der Waals surface area (Å²) in [6.45, 7) is 0. The highest BCUT2D eigenvalue weighted by atomic mass is 19.1. The summed E-state index contributed by atoms with van der Waals surface area (Å²) in [6.07, 6.45) is 2.61. The molecule has 0 saturated heterocycles. The first kappa shape index (κ1) is 8.24. The minimum atomic E-state index is -0.880. The third-order valence-electron chi connectivity index (χ3n) is 1.61. The second-order valence-corrected chi connectivity index (χ2v) is 3.04. The molecule has 1 saturated carbocycles. The maximum absolute atomic E-state index is 12.3. The number of nitrogens with zero attached hydrogens (tertiary/aromatic N) is 1. The molecular weight excluding hydrogens is 145 g/mol. The number of hydrogen-bond donors (Lipinski definition) is 0. The molecule has 1 aliphatic rings. The average Bonchev–Trinajstić information content (AvgIpc) is 2.61. The van der Waals surface area contributed by atoms with Crippen LogP contribution in [0, 0.1) is 5.92 Å². The van der Waals surface area contributed by atoms with Crippen molar-refractivity contribution in [3.63, 3.8) is 0 Å². The first-order valence-electron chi connectivity index (χ1n) is 3.64. The number of carbonyl (C=O) groups is 1. The summed E-state index contributed by atoms with van der Waals surface area (Å²) >= 11 is 0. The van der Waals surface area contributed by atoms with Gasteiger partial charge in [-0.1, -0.05) is 0 Å². The highest BCUT2D eigenvalue weighted by molar-refractivity contribution is 5.94. The molecule has 11 heavy (non-hydrogen) atoms. The Morgan fingerprint density at radius 1 is 1.64 bits per heavy atom. The van der Waals surface area contributed by atoms with Gasteiger partial charge in [0.05, 0.1) is 5.92 Å². The van der Waals surface area contributed by atoms with E-state index < -0.39 is 6.17 Å². The molecule has 0 aromatic carbocycles. The highest BCUT2D eigenvalue weighted by Gasteiger charge is 2.42. The van der Waals surface area contributed by atoms with Crippen molar-refractivity contribution in [2.75, 3.05) is 14.1 Å². The summed E-state index contributed by atoms with van der Waals surface area (Å²) in [7, 11) is 3.65. The van der Waals surface area contributed by atoms with Crippen molar-refractivity contribution >= 4 is 5.78 Å². The molecule has 0 aromatic heterocycles. The Labute approximate surface area is 65.7 Å². The third kappa shape index (κ3) is 2.33. The van der Waals surface area contributed by atoms with Crippen molar-refractivity contribution in [2.45, 2.75) is 12.6 Å². The molecule has 1 fully saturated rings. The second-order valence-electron chi connectivity index (χ2n) is 3.04. The molecule has 0 heterocycles. The Morgan fingerprint density at radius 3 is 2.55 bits per heavy atom. The molecule has 2 atom stereocenters. The van der Waals surface area contributed by atoms with E-state index in [1.165, 1.54) is 6.08 Å². The number of alkyl halides is 1. The molecule has 0 N–H and O–H groups in total. The van der Waals surface area contributed by atoms with Crippen LogP contribution in [0.5, 0.6) is 0 Å². The number of halogens is 1. The Morgan fingerprint density at radius 2 is 2.18 bits per heavy atom. The van der Waals surface area contributed by atoms with Crippen LogP contribution < -0.4 is 0 Å². The Kier molecular flexibility index (Phi) is 2.27. The molecule has 3 heteroatoms. The van der Waals surface area contributed by atoms with E-state index >= 15 is 0 Å². The van der Waals surface area contributed by atoms with E-state index in [0.29, 0.717) is 6.42 Å². The molecule has 1 rings (SSSR count). The summed E-state index contributed by atoms with van der Waals surface area (Å²) in [5.74, 6) is -0.433. The molecule has 0 aromatic rings. The number of allylic oxidation sites excluding steroid dienone is 1. The summed E-state index contributed by atoms with van der Waals surface area (Å²) in [5.41, 5.74) is 0. The van der Waals surface area contributed by atoms with Crippen LogP contribution in [-0.2, 0) is 4.79 Å². The van der Waals surface area contributed by atoms with Crippen molar-refractivity contribution in [3.05, 3.63) is 12.3 Å². The first-order valence-corrected chi connectivity index (χ1v) is 3.64. The van der Waals surface area contributed by atoms with Crippen LogP contribution >= 0.6 is 0 Å². The predicted octanol–water partition coefficient (Wildman–Crippen LogP) is 0.989. The van der Waals surface area contributed by atoms with E-state index in [1.54, 1.807) is 11.1 Å². The predicted molar refractivity (Wildman–Crippen MR) is 40.8 cm³/mol. The van der Waals surface area contributed by atoms with Gasteiger partial charge in [0.15, 0.2) is 5.78 Å². The van der Waals surface area contributed by atoms with Crippen molar-refractivity contribution in [3.8, 4) is 0 Å². The number of ketones is 1. The lowest BCUT2D eigenvalue weighted by Gasteiger charge is -2.01. The van der Waals surface area contributed by atoms with E-state index in [9.17, 15) is 9.18 Å². The van der Waals surface area contributed by atoms with Gasteiger partial charge in [-0.05, 0) is 12.5 Å². The van der Waals surface area contributed by atoms with Gasteiger partial charge in [-0.15, -0.1) is 0 Å². The van der Waals surface area contributed by atoms with Crippen molar-refractivity contribution < 1.29 is 9.18 Å². The zero-order valence-corrected chi connectivity index (χ0v) is 6.75. The smallest absolute Gasteiger partial charge is 0.163 e. The molecule has 0 aliphatic heterocycles. The topological polar surface area (TPSA) is 20.3 Å². The highest BCUT2D eigenvalue weighted by Crippen LogP contribution is 2.34. The molecule has 0 bridgehead atoms. The summed E-state index contributed by atoms with van der Waals surface area (Å²) < 4.78 is 12.3. The molecule has 62 valence electrons. The summed E-state index contributed by atoms with van der Waals surface area (Å²) in [6, 6.07) is 0. The first-order chi connectivity index (χ1) is 5.11. The number of carbonyl (C=O) groups excluding carboxylic acids is 1. The van der Waals surface area contributed by atoms with Crippen molar-refractivity contribution in [1.82, 2.24) is 4.90 Å². The van der Waals surface area contributed by atoms with Crippen LogP contribution in [0.4, 0.5) is 4.39 Å². The lowest BCUT2D eigenvalue weighted by Crippen LogP contribution is -2.04. The van der Waals surface area contributed by atoms with Gasteiger partial charge in [0.2, 0.25) is 0 Å². The van der Waals surface area contributed by atoms with Gasteiger partial charge in [-0.25, -0.2) is 4.39 Å². The zero-order chi connectivity index (χ0) is 8.43. The van der Waals surface area contributed by atoms with Gasteiger partial charge in [0, 0.05) is 20.3 Å². The molecule has 0 spiro atoms. The van der Waals surface area contributed by atoms with E-state index in [-0.39, 0.29) is 11.7 Å². The normalized spacial score (nSPS) is 29.0. The maximum Gasteiger partial charge on any atom is 0.163 e. The van der Waals surface area contributed by atoms with Gasteiger partial charge in [-0.3, -0.25) is 4.79 Å². The molecule has 1 aliphatic carbocycles. The van der Waals surface area contributed by atoms with E-state index in [4.69, 9.17) is 0 Å². The average molecular weight is 157 g/mol. The molecule has 0 amide bonds. The molecular formula is C8H12FNO. The Bertz CT molecular complexity index is 189. The monoisotopic (exact) mass is 157 g/mol. The lowest BCUT2D eigenvalue weighted by molar-refractivity contribution is -0.116. The van der Waals surface area contributed by atoms with Crippen LogP contribution in [0.25, 0.3) is 0 Å². The second kappa shape index (κ2) is 3.03. The van der Waals surface area contributed by atoms with Gasteiger partial charge in [-0.2, -0.15) is 0 Å². The minimum Gasteiger partial charge on any atom is -0.383 e. The third-order valence-corrected chi connectivity index (χ3v) is 1.61. The molecule has 2 nitrogen and oxygen atoms in total. The minimum absolute atomic E-state index is 0.0915. The van der Waals surface area contributed by atoms with Gasteiger partial charge in [0.1, 0.15) is 6.17 Å². The Hall–Kier alpha value is -0.860. The molecule has 0 unspecified atom stereocenters. The van der Waals surface area contributed by atoms with Crippen LogP contribution in [0.15, 0.2) is 12.3 Å². The summed E-state index contributed by atoms with van der Waals surface area (Å²) in [4.78, 5) is 12.7. The van der Waals surface area contributed by atoms with Gasteiger partial charge < -0.3 is 4.90 Å². The number of rotatable bonds is 3. The lowest BCUT2D eigenvalue weighted by atomic mass is 10.2. The van der Waals surface area contributed by atoms with Crippen LogP contribution in [0.1, 0.15) is 6.42 Å². The van der Waals surface area contributed by atoms with E-state index in [1.807, 2.05) is 14.1 Å². The van der Waals surface area contributed by atoms with Crippen LogP contribution in [-0.4, -0.2) is 31.0 Å². The number of hydrogen-bond acceptors (Lipinski definition) is 2. The van der Waals surface area contributed by atoms with E-state index in [2.05, 4.69) is 0 Å². The maximum atomic E-state index is 12.3. The zero-order valence-electron chi connectivity index (χ0n) is 6.75. The largest absolute Gasteiger partial charge is 0.383 e. The van der Waals surface area contributed by atoms with Crippen LogP contribution in [0.3, 0.4) is 0 Å². The van der Waals surface area contributed by atoms with E-state index in [0.717, 1.165) is 0 Å². The molecule has 0 radical (unpaired) electrons.